The Bertz CT molecular complexity index is 827. The maximum absolute atomic E-state index is 10.9. The molecule has 0 bridgehead atoms. The second-order valence-electron chi connectivity index (χ2n) is 5.22. The molecule has 3 rings (SSSR count). The Balaban J connectivity index is 2.00. The van der Waals surface area contributed by atoms with Gasteiger partial charge in [-0.1, -0.05) is 72.3 Å². The van der Waals surface area contributed by atoms with Crippen LogP contribution in [0.2, 0.25) is 5.02 Å². The zero-order chi connectivity index (χ0) is 16.2. The lowest BCUT2D eigenvalue weighted by atomic mass is 9.94. The summed E-state index contributed by atoms with van der Waals surface area (Å²) >= 11 is 4.15. The Morgan fingerprint density at radius 1 is 0.783 bits per heavy atom. The highest BCUT2D eigenvalue weighted by Crippen LogP contribution is 2.32. The molecule has 1 atom stereocenters. The molecule has 0 aliphatic rings. The van der Waals surface area contributed by atoms with E-state index in [1.54, 1.807) is 0 Å². The second-order valence-corrected chi connectivity index (χ2v) is 6.58. The van der Waals surface area contributed by atoms with Gasteiger partial charge in [0.15, 0.2) is 11.1 Å². The molecule has 4 heteroatoms. The number of benzene rings is 3. The molecule has 0 saturated heterocycles. The van der Waals surface area contributed by atoms with Crippen LogP contribution in [-0.2, 0) is 16.8 Å². The van der Waals surface area contributed by atoms with Crippen LogP contribution in [0.3, 0.4) is 0 Å². The van der Waals surface area contributed by atoms with Crippen molar-refractivity contribution in [1.29, 1.82) is 0 Å². The SMILES string of the molecule is O=S(O)Cc1ccc(-c2ccccc2-c2ccc(Cl)cc2)cc1. The van der Waals surface area contributed by atoms with Crippen LogP contribution in [-0.4, -0.2) is 8.76 Å². The zero-order valence-corrected chi connectivity index (χ0v) is 13.8. The number of halogens is 1. The molecule has 0 aliphatic heterocycles. The highest BCUT2D eigenvalue weighted by Gasteiger charge is 2.07. The monoisotopic (exact) mass is 342 g/mol. The summed E-state index contributed by atoms with van der Waals surface area (Å²) in [6.45, 7) is 0. The maximum Gasteiger partial charge on any atom is 0.157 e. The van der Waals surface area contributed by atoms with E-state index in [-0.39, 0.29) is 5.75 Å². The summed E-state index contributed by atoms with van der Waals surface area (Å²) in [5.41, 5.74) is 5.27. The molecule has 0 fully saturated rings. The van der Waals surface area contributed by atoms with Gasteiger partial charge in [0, 0.05) is 5.02 Å². The third kappa shape index (κ3) is 3.88. The highest BCUT2D eigenvalue weighted by molar-refractivity contribution is 7.78. The average Bonchev–Trinajstić information content (AvgIpc) is 2.56. The predicted octanol–water partition coefficient (Wildman–Crippen LogP) is 5.40. The van der Waals surface area contributed by atoms with E-state index in [9.17, 15) is 4.21 Å². The molecule has 1 N–H and O–H groups in total. The fourth-order valence-corrected chi connectivity index (χ4v) is 3.14. The fourth-order valence-electron chi connectivity index (χ4n) is 2.54. The van der Waals surface area contributed by atoms with Crippen LogP contribution in [0.25, 0.3) is 22.3 Å². The van der Waals surface area contributed by atoms with Gasteiger partial charge in [-0.3, -0.25) is 0 Å². The van der Waals surface area contributed by atoms with Crippen molar-refractivity contribution in [3.63, 3.8) is 0 Å². The Morgan fingerprint density at radius 2 is 1.26 bits per heavy atom. The van der Waals surface area contributed by atoms with E-state index in [0.717, 1.165) is 27.8 Å². The summed E-state index contributed by atoms with van der Waals surface area (Å²) in [5.74, 6) is 0.152. The first-order valence-electron chi connectivity index (χ1n) is 7.15. The van der Waals surface area contributed by atoms with Gasteiger partial charge in [-0.2, -0.15) is 0 Å². The van der Waals surface area contributed by atoms with Crippen LogP contribution in [0.15, 0.2) is 72.8 Å². The Labute approximate surface area is 143 Å². The van der Waals surface area contributed by atoms with Crippen molar-refractivity contribution in [2.45, 2.75) is 5.75 Å². The van der Waals surface area contributed by atoms with E-state index in [2.05, 4.69) is 12.1 Å². The van der Waals surface area contributed by atoms with E-state index in [1.807, 2.05) is 60.7 Å². The van der Waals surface area contributed by atoms with E-state index in [4.69, 9.17) is 16.2 Å². The van der Waals surface area contributed by atoms with Crippen LogP contribution in [0, 0.1) is 0 Å². The molecular weight excluding hydrogens is 328 g/mol. The van der Waals surface area contributed by atoms with Crippen LogP contribution in [0.4, 0.5) is 0 Å². The van der Waals surface area contributed by atoms with E-state index in [1.165, 1.54) is 0 Å². The predicted molar refractivity (Wildman–Crippen MR) is 96.8 cm³/mol. The van der Waals surface area contributed by atoms with Crippen LogP contribution in [0.5, 0.6) is 0 Å². The van der Waals surface area contributed by atoms with Gasteiger partial charge in [0.2, 0.25) is 0 Å². The van der Waals surface area contributed by atoms with Gasteiger partial charge in [0.05, 0.1) is 5.75 Å². The summed E-state index contributed by atoms with van der Waals surface area (Å²) in [4.78, 5) is 0. The van der Waals surface area contributed by atoms with Gasteiger partial charge in [-0.25, -0.2) is 4.21 Å². The lowest BCUT2D eigenvalue weighted by molar-refractivity contribution is 0.563. The van der Waals surface area contributed by atoms with Gasteiger partial charge < -0.3 is 4.55 Å². The first-order valence-corrected chi connectivity index (χ1v) is 8.80. The smallest absolute Gasteiger partial charge is 0.157 e. The van der Waals surface area contributed by atoms with Crippen molar-refractivity contribution < 1.29 is 8.76 Å². The molecule has 0 radical (unpaired) electrons. The van der Waals surface area contributed by atoms with Crippen LogP contribution >= 0.6 is 11.6 Å². The van der Waals surface area contributed by atoms with Gasteiger partial charge in [0.1, 0.15) is 0 Å². The van der Waals surface area contributed by atoms with Gasteiger partial charge >= 0.3 is 0 Å². The summed E-state index contributed by atoms with van der Waals surface area (Å²) in [5, 5.41) is 0.715. The first kappa shape index (κ1) is 15.9. The third-order valence-electron chi connectivity index (χ3n) is 3.64. The molecule has 0 saturated carbocycles. The summed E-state index contributed by atoms with van der Waals surface area (Å²) in [6.07, 6.45) is 0. The quantitative estimate of drug-likeness (QED) is 0.645. The minimum absolute atomic E-state index is 0.152. The maximum atomic E-state index is 10.9. The largest absolute Gasteiger partial charge is 0.306 e. The average molecular weight is 343 g/mol. The van der Waals surface area contributed by atoms with Crippen molar-refractivity contribution in [3.8, 4) is 22.3 Å². The minimum Gasteiger partial charge on any atom is -0.306 e. The molecular formula is C19H15ClO2S. The minimum atomic E-state index is -1.82. The fraction of sp³-hybridized carbons (Fsp3) is 0.0526. The topological polar surface area (TPSA) is 37.3 Å². The Hall–Kier alpha value is -1.94. The summed E-state index contributed by atoms with van der Waals surface area (Å²) < 4.78 is 19.9. The Morgan fingerprint density at radius 3 is 1.74 bits per heavy atom. The third-order valence-corrected chi connectivity index (χ3v) is 4.47. The summed E-state index contributed by atoms with van der Waals surface area (Å²) in [7, 11) is 0. The normalized spacial score (nSPS) is 12.1. The van der Waals surface area contributed by atoms with Crippen molar-refractivity contribution in [1.82, 2.24) is 0 Å². The number of hydrogen-bond donors (Lipinski definition) is 1. The van der Waals surface area contributed by atoms with E-state index < -0.39 is 11.1 Å². The van der Waals surface area contributed by atoms with Crippen LogP contribution < -0.4 is 0 Å². The van der Waals surface area contributed by atoms with Crippen molar-refractivity contribution >= 4 is 22.7 Å². The molecule has 116 valence electrons. The molecule has 3 aromatic rings. The van der Waals surface area contributed by atoms with Gasteiger partial charge in [-0.05, 0) is 39.9 Å². The zero-order valence-electron chi connectivity index (χ0n) is 12.3. The molecule has 0 aromatic heterocycles. The summed E-state index contributed by atoms with van der Waals surface area (Å²) in [6, 6.07) is 23.7. The highest BCUT2D eigenvalue weighted by atomic mass is 35.5. The number of hydrogen-bond acceptors (Lipinski definition) is 1. The van der Waals surface area contributed by atoms with Crippen molar-refractivity contribution in [3.05, 3.63) is 83.4 Å². The van der Waals surface area contributed by atoms with Gasteiger partial charge in [-0.15, -0.1) is 0 Å². The van der Waals surface area contributed by atoms with E-state index >= 15 is 0 Å². The van der Waals surface area contributed by atoms with Crippen LogP contribution in [0.1, 0.15) is 5.56 Å². The lowest BCUT2D eigenvalue weighted by Gasteiger charge is -2.11. The van der Waals surface area contributed by atoms with Crippen molar-refractivity contribution in [2.24, 2.45) is 0 Å². The first-order chi connectivity index (χ1) is 11.1. The van der Waals surface area contributed by atoms with Gasteiger partial charge in [0.25, 0.3) is 0 Å². The Kier molecular flexibility index (Phi) is 4.91. The van der Waals surface area contributed by atoms with E-state index in [0.29, 0.717) is 5.02 Å². The number of rotatable bonds is 4. The second kappa shape index (κ2) is 7.09. The molecule has 0 spiro atoms. The lowest BCUT2D eigenvalue weighted by Crippen LogP contribution is -1.92. The molecule has 0 amide bonds. The molecule has 0 aliphatic carbocycles. The molecule has 1 unspecified atom stereocenters. The molecule has 2 nitrogen and oxygen atoms in total. The molecule has 23 heavy (non-hydrogen) atoms. The standard InChI is InChI=1S/C19H15ClO2S/c20-17-11-9-16(10-12-17)19-4-2-1-3-18(19)15-7-5-14(6-8-15)13-23(21)22/h1-12H,13H2,(H,21,22). The van der Waals surface area contributed by atoms with Crippen molar-refractivity contribution in [2.75, 3.05) is 0 Å². The molecule has 0 heterocycles. The molecule has 3 aromatic carbocycles.